The molecule has 1 heteroatoms. The van der Waals surface area contributed by atoms with E-state index < -0.39 is 0 Å². The first-order chi connectivity index (χ1) is 7.72. The molecule has 0 aliphatic heterocycles. The van der Waals surface area contributed by atoms with Crippen molar-refractivity contribution in [3.8, 4) is 0 Å². The van der Waals surface area contributed by atoms with E-state index in [-0.39, 0.29) is 5.41 Å². The van der Waals surface area contributed by atoms with Crippen molar-refractivity contribution >= 4 is 0 Å². The maximum absolute atomic E-state index is 5.96. The molecule has 0 saturated heterocycles. The van der Waals surface area contributed by atoms with Gasteiger partial charge in [0.1, 0.15) is 0 Å². The summed E-state index contributed by atoms with van der Waals surface area (Å²) in [5.41, 5.74) is 8.98. The molecule has 1 aromatic carbocycles. The van der Waals surface area contributed by atoms with Gasteiger partial charge in [-0.15, -0.1) is 0 Å². The SMILES string of the molecule is CCCc1ccc(C(CC)(CC)CN)cc1. The normalized spacial score (nSPS) is 11.8. The van der Waals surface area contributed by atoms with Crippen molar-refractivity contribution in [1.82, 2.24) is 0 Å². The Hall–Kier alpha value is -0.820. The minimum Gasteiger partial charge on any atom is -0.330 e. The molecule has 0 amide bonds. The van der Waals surface area contributed by atoms with Gasteiger partial charge in [0.05, 0.1) is 0 Å². The van der Waals surface area contributed by atoms with E-state index in [1.807, 2.05) is 0 Å². The summed E-state index contributed by atoms with van der Waals surface area (Å²) in [4.78, 5) is 0. The quantitative estimate of drug-likeness (QED) is 0.776. The Morgan fingerprint density at radius 1 is 1.00 bits per heavy atom. The highest BCUT2D eigenvalue weighted by Gasteiger charge is 2.26. The monoisotopic (exact) mass is 219 g/mol. The molecular formula is C15H25N. The Balaban J connectivity index is 2.94. The molecule has 0 bridgehead atoms. The summed E-state index contributed by atoms with van der Waals surface area (Å²) in [6, 6.07) is 9.05. The van der Waals surface area contributed by atoms with Crippen LogP contribution in [0.25, 0.3) is 0 Å². The van der Waals surface area contributed by atoms with Crippen LogP contribution in [0.2, 0.25) is 0 Å². The molecule has 0 atom stereocenters. The molecule has 1 nitrogen and oxygen atoms in total. The van der Waals surface area contributed by atoms with E-state index in [9.17, 15) is 0 Å². The van der Waals surface area contributed by atoms with Gasteiger partial charge < -0.3 is 5.73 Å². The third-order valence-corrected chi connectivity index (χ3v) is 3.85. The first-order valence-corrected chi connectivity index (χ1v) is 6.52. The molecule has 1 rings (SSSR count). The minimum absolute atomic E-state index is 0.185. The Morgan fingerprint density at radius 2 is 1.56 bits per heavy atom. The number of rotatable bonds is 6. The van der Waals surface area contributed by atoms with Crippen molar-refractivity contribution < 1.29 is 0 Å². The fourth-order valence-corrected chi connectivity index (χ4v) is 2.38. The molecule has 0 radical (unpaired) electrons. The van der Waals surface area contributed by atoms with Crippen LogP contribution in [0.5, 0.6) is 0 Å². The van der Waals surface area contributed by atoms with Gasteiger partial charge in [-0.25, -0.2) is 0 Å². The van der Waals surface area contributed by atoms with Crippen molar-refractivity contribution in [1.29, 1.82) is 0 Å². The predicted octanol–water partition coefficient (Wildman–Crippen LogP) is 3.66. The van der Waals surface area contributed by atoms with Gasteiger partial charge in [0.25, 0.3) is 0 Å². The van der Waals surface area contributed by atoms with E-state index in [2.05, 4.69) is 45.0 Å². The van der Waals surface area contributed by atoms with Crippen LogP contribution in [0.15, 0.2) is 24.3 Å². The van der Waals surface area contributed by atoms with Crippen LogP contribution in [0.1, 0.15) is 51.2 Å². The fraction of sp³-hybridized carbons (Fsp3) is 0.600. The summed E-state index contributed by atoms with van der Waals surface area (Å²) in [5.74, 6) is 0. The van der Waals surface area contributed by atoms with Crippen LogP contribution in [0.4, 0.5) is 0 Å². The smallest absolute Gasteiger partial charge is 0.00703 e. The second kappa shape index (κ2) is 6.05. The van der Waals surface area contributed by atoms with Crippen LogP contribution < -0.4 is 5.73 Å². The van der Waals surface area contributed by atoms with Gasteiger partial charge in [-0.3, -0.25) is 0 Å². The summed E-state index contributed by atoms with van der Waals surface area (Å²) < 4.78 is 0. The summed E-state index contributed by atoms with van der Waals surface area (Å²) in [5, 5.41) is 0. The van der Waals surface area contributed by atoms with Crippen molar-refractivity contribution in [2.45, 2.75) is 51.9 Å². The zero-order valence-electron chi connectivity index (χ0n) is 10.9. The lowest BCUT2D eigenvalue weighted by Crippen LogP contribution is -2.33. The van der Waals surface area contributed by atoms with Crippen LogP contribution in [0, 0.1) is 0 Å². The summed E-state index contributed by atoms with van der Waals surface area (Å²) in [6.07, 6.45) is 4.62. The maximum Gasteiger partial charge on any atom is 0.00703 e. The third-order valence-electron chi connectivity index (χ3n) is 3.85. The molecule has 0 heterocycles. The van der Waals surface area contributed by atoms with Gasteiger partial charge in [-0.05, 0) is 30.4 Å². The van der Waals surface area contributed by atoms with Gasteiger partial charge >= 0.3 is 0 Å². The van der Waals surface area contributed by atoms with Gasteiger partial charge in [0.15, 0.2) is 0 Å². The standard InChI is InChI=1S/C15H25N/c1-4-7-13-8-10-14(11-9-13)15(5-2,6-3)12-16/h8-11H,4-7,12,16H2,1-3H3. The minimum atomic E-state index is 0.185. The Bertz CT molecular complexity index is 287. The zero-order valence-corrected chi connectivity index (χ0v) is 10.9. The molecule has 0 aromatic heterocycles. The molecule has 0 aliphatic rings. The van der Waals surface area contributed by atoms with E-state index >= 15 is 0 Å². The summed E-state index contributed by atoms with van der Waals surface area (Å²) in [6.45, 7) is 7.43. The lowest BCUT2D eigenvalue weighted by molar-refractivity contribution is 0.407. The highest BCUT2D eigenvalue weighted by atomic mass is 14.6. The van der Waals surface area contributed by atoms with Crippen molar-refractivity contribution in [2.24, 2.45) is 5.73 Å². The van der Waals surface area contributed by atoms with Crippen LogP contribution in [-0.2, 0) is 11.8 Å². The van der Waals surface area contributed by atoms with E-state index in [4.69, 9.17) is 5.73 Å². The van der Waals surface area contributed by atoms with Crippen LogP contribution >= 0.6 is 0 Å². The molecule has 90 valence electrons. The topological polar surface area (TPSA) is 26.0 Å². The molecule has 0 unspecified atom stereocenters. The summed E-state index contributed by atoms with van der Waals surface area (Å²) in [7, 11) is 0. The summed E-state index contributed by atoms with van der Waals surface area (Å²) >= 11 is 0. The average Bonchev–Trinajstić information content (AvgIpc) is 2.34. The first-order valence-electron chi connectivity index (χ1n) is 6.52. The van der Waals surface area contributed by atoms with Gasteiger partial charge in [-0.1, -0.05) is 51.5 Å². The zero-order chi connectivity index (χ0) is 12.0. The Labute approximate surface area is 100 Å². The van der Waals surface area contributed by atoms with Crippen molar-refractivity contribution in [2.75, 3.05) is 6.54 Å². The van der Waals surface area contributed by atoms with E-state index in [1.54, 1.807) is 0 Å². The van der Waals surface area contributed by atoms with Crippen molar-refractivity contribution in [3.63, 3.8) is 0 Å². The Morgan fingerprint density at radius 3 is 1.94 bits per heavy atom. The first kappa shape index (κ1) is 13.2. The molecule has 2 N–H and O–H groups in total. The van der Waals surface area contributed by atoms with Gasteiger partial charge in [-0.2, -0.15) is 0 Å². The lowest BCUT2D eigenvalue weighted by Gasteiger charge is -2.31. The molecule has 0 spiro atoms. The largest absolute Gasteiger partial charge is 0.330 e. The number of aryl methyl sites for hydroxylation is 1. The maximum atomic E-state index is 5.96. The fourth-order valence-electron chi connectivity index (χ4n) is 2.38. The highest BCUT2D eigenvalue weighted by molar-refractivity contribution is 5.29. The van der Waals surface area contributed by atoms with E-state index in [1.165, 1.54) is 24.0 Å². The van der Waals surface area contributed by atoms with E-state index in [0.29, 0.717) is 0 Å². The number of nitrogens with two attached hydrogens (primary N) is 1. The molecule has 1 aromatic rings. The molecule has 0 saturated carbocycles. The second-order valence-corrected chi connectivity index (χ2v) is 4.64. The van der Waals surface area contributed by atoms with Gasteiger partial charge in [0.2, 0.25) is 0 Å². The molecule has 16 heavy (non-hydrogen) atoms. The van der Waals surface area contributed by atoms with Crippen LogP contribution in [0.3, 0.4) is 0 Å². The lowest BCUT2D eigenvalue weighted by atomic mass is 9.76. The van der Waals surface area contributed by atoms with Crippen molar-refractivity contribution in [3.05, 3.63) is 35.4 Å². The number of benzene rings is 1. The highest BCUT2D eigenvalue weighted by Crippen LogP contribution is 2.30. The number of hydrogen-bond acceptors (Lipinski definition) is 1. The third kappa shape index (κ3) is 2.65. The number of hydrogen-bond donors (Lipinski definition) is 1. The Kier molecular flexibility index (Phi) is 5.01. The average molecular weight is 219 g/mol. The second-order valence-electron chi connectivity index (χ2n) is 4.64. The van der Waals surface area contributed by atoms with E-state index in [0.717, 1.165) is 19.4 Å². The molecule has 0 fully saturated rings. The molecule has 0 aliphatic carbocycles. The van der Waals surface area contributed by atoms with Crippen LogP contribution in [-0.4, -0.2) is 6.54 Å². The van der Waals surface area contributed by atoms with Gasteiger partial charge in [0, 0.05) is 12.0 Å². The molecular weight excluding hydrogens is 194 g/mol. The predicted molar refractivity (Wildman–Crippen MR) is 71.8 cm³/mol.